The van der Waals surface area contributed by atoms with Gasteiger partial charge in [0, 0.05) is 0 Å². The molecular formula is C15H30O. The predicted molar refractivity (Wildman–Crippen MR) is 72.4 cm³/mol. The highest BCUT2D eigenvalue weighted by Crippen LogP contribution is 2.32. The van der Waals surface area contributed by atoms with Crippen molar-refractivity contribution in [2.75, 3.05) is 0 Å². The van der Waals surface area contributed by atoms with Gasteiger partial charge >= 0.3 is 0 Å². The number of aliphatic hydroxyl groups is 1. The van der Waals surface area contributed by atoms with Gasteiger partial charge in [0.25, 0.3) is 0 Å². The van der Waals surface area contributed by atoms with Crippen LogP contribution >= 0.6 is 0 Å². The molecule has 0 aliphatic rings. The molecule has 0 saturated carbocycles. The number of aliphatic hydroxyl groups excluding tert-OH is 1. The molecule has 0 rings (SSSR count). The first-order valence-corrected chi connectivity index (χ1v) is 6.49. The SMILES string of the molecule is C=C[C@@H](C)[C@@H](O)C[C@H](C)C[C@H](C)C(C)(C)C. The molecule has 0 aromatic rings. The lowest BCUT2D eigenvalue weighted by atomic mass is 9.76. The first-order chi connectivity index (χ1) is 7.18. The summed E-state index contributed by atoms with van der Waals surface area (Å²) in [5.74, 6) is 1.47. The summed E-state index contributed by atoms with van der Waals surface area (Å²) in [7, 11) is 0. The first-order valence-electron chi connectivity index (χ1n) is 6.49. The zero-order valence-corrected chi connectivity index (χ0v) is 12.0. The molecule has 0 aliphatic heterocycles. The fourth-order valence-corrected chi connectivity index (χ4v) is 1.84. The second-order valence-electron chi connectivity index (χ2n) is 6.51. The highest BCUT2D eigenvalue weighted by Gasteiger charge is 2.23. The lowest BCUT2D eigenvalue weighted by Gasteiger charge is -2.30. The fourth-order valence-electron chi connectivity index (χ4n) is 1.84. The largest absolute Gasteiger partial charge is 0.393 e. The molecule has 0 heterocycles. The van der Waals surface area contributed by atoms with Crippen LogP contribution in [0, 0.1) is 23.2 Å². The Morgan fingerprint density at radius 1 is 1.12 bits per heavy atom. The monoisotopic (exact) mass is 226 g/mol. The highest BCUT2D eigenvalue weighted by molar-refractivity contribution is 4.82. The molecule has 0 amide bonds. The third kappa shape index (κ3) is 5.69. The zero-order valence-electron chi connectivity index (χ0n) is 12.0. The summed E-state index contributed by atoms with van der Waals surface area (Å²) >= 11 is 0. The average Bonchev–Trinajstić information content (AvgIpc) is 2.14. The third-order valence-electron chi connectivity index (χ3n) is 3.86. The molecule has 96 valence electrons. The Morgan fingerprint density at radius 2 is 1.62 bits per heavy atom. The zero-order chi connectivity index (χ0) is 12.9. The van der Waals surface area contributed by atoms with E-state index in [0.717, 1.165) is 6.42 Å². The maximum atomic E-state index is 9.93. The van der Waals surface area contributed by atoms with E-state index in [1.165, 1.54) is 6.42 Å². The Kier molecular flexibility index (Phi) is 6.32. The second kappa shape index (κ2) is 6.44. The summed E-state index contributed by atoms with van der Waals surface area (Å²) in [5, 5.41) is 9.93. The number of hydrogen-bond donors (Lipinski definition) is 1. The summed E-state index contributed by atoms with van der Waals surface area (Å²) in [4.78, 5) is 0. The molecule has 0 aromatic carbocycles. The lowest BCUT2D eigenvalue weighted by molar-refractivity contribution is 0.0992. The Balaban J connectivity index is 4.08. The van der Waals surface area contributed by atoms with Gasteiger partial charge in [0.2, 0.25) is 0 Å². The molecule has 0 radical (unpaired) electrons. The summed E-state index contributed by atoms with van der Waals surface area (Å²) in [5.41, 5.74) is 0.364. The van der Waals surface area contributed by atoms with Crippen molar-refractivity contribution in [3.8, 4) is 0 Å². The fraction of sp³-hybridized carbons (Fsp3) is 0.867. The van der Waals surface area contributed by atoms with Gasteiger partial charge in [0.1, 0.15) is 0 Å². The van der Waals surface area contributed by atoms with Crippen molar-refractivity contribution in [3.63, 3.8) is 0 Å². The van der Waals surface area contributed by atoms with Gasteiger partial charge in [-0.15, -0.1) is 6.58 Å². The minimum absolute atomic E-state index is 0.201. The van der Waals surface area contributed by atoms with Gasteiger partial charge in [-0.1, -0.05) is 47.6 Å². The minimum atomic E-state index is -0.236. The quantitative estimate of drug-likeness (QED) is 0.671. The topological polar surface area (TPSA) is 20.2 Å². The van der Waals surface area contributed by atoms with Gasteiger partial charge in [-0.3, -0.25) is 0 Å². The van der Waals surface area contributed by atoms with Crippen LogP contribution < -0.4 is 0 Å². The van der Waals surface area contributed by atoms with Crippen molar-refractivity contribution < 1.29 is 5.11 Å². The molecule has 1 N–H and O–H groups in total. The predicted octanol–water partition coefficient (Wildman–Crippen LogP) is 4.27. The summed E-state index contributed by atoms with van der Waals surface area (Å²) < 4.78 is 0. The third-order valence-corrected chi connectivity index (χ3v) is 3.86. The van der Waals surface area contributed by atoms with Crippen molar-refractivity contribution in [1.29, 1.82) is 0 Å². The maximum Gasteiger partial charge on any atom is 0.0602 e. The standard InChI is InChI=1S/C15H30O/c1-8-12(3)14(16)10-11(2)9-13(4)15(5,6)7/h8,11-14,16H,1,9-10H2,2-7H3/t11-,12-,13+,14+/m1/s1. The van der Waals surface area contributed by atoms with Gasteiger partial charge in [-0.2, -0.15) is 0 Å². The summed E-state index contributed by atoms with van der Waals surface area (Å²) in [6, 6.07) is 0. The number of hydrogen-bond acceptors (Lipinski definition) is 1. The Bertz CT molecular complexity index is 202. The van der Waals surface area contributed by atoms with E-state index in [-0.39, 0.29) is 12.0 Å². The van der Waals surface area contributed by atoms with E-state index in [4.69, 9.17) is 0 Å². The Hall–Kier alpha value is -0.300. The van der Waals surface area contributed by atoms with E-state index in [2.05, 4.69) is 41.2 Å². The summed E-state index contributed by atoms with van der Waals surface area (Å²) in [6.45, 7) is 17.2. The molecule has 0 unspecified atom stereocenters. The van der Waals surface area contributed by atoms with Gasteiger partial charge in [-0.25, -0.2) is 0 Å². The van der Waals surface area contributed by atoms with E-state index in [1.807, 2.05) is 13.0 Å². The molecule has 0 saturated heterocycles. The van der Waals surface area contributed by atoms with Crippen LogP contribution in [0.2, 0.25) is 0 Å². The van der Waals surface area contributed by atoms with Gasteiger partial charge in [0.15, 0.2) is 0 Å². The van der Waals surface area contributed by atoms with Crippen LogP contribution in [-0.2, 0) is 0 Å². The maximum absolute atomic E-state index is 9.93. The normalized spacial score (nSPS) is 19.9. The van der Waals surface area contributed by atoms with Crippen molar-refractivity contribution in [2.24, 2.45) is 23.2 Å². The molecule has 1 nitrogen and oxygen atoms in total. The van der Waals surface area contributed by atoms with Crippen LogP contribution in [-0.4, -0.2) is 11.2 Å². The van der Waals surface area contributed by atoms with Crippen LogP contribution in [0.4, 0.5) is 0 Å². The molecule has 16 heavy (non-hydrogen) atoms. The van der Waals surface area contributed by atoms with Gasteiger partial charge in [-0.05, 0) is 36.0 Å². The summed E-state index contributed by atoms with van der Waals surface area (Å²) in [6.07, 6.45) is 3.67. The van der Waals surface area contributed by atoms with Crippen molar-refractivity contribution in [2.45, 2.75) is 60.5 Å². The van der Waals surface area contributed by atoms with Gasteiger partial charge in [0.05, 0.1) is 6.10 Å². The molecule has 0 aliphatic carbocycles. The van der Waals surface area contributed by atoms with Crippen LogP contribution in [0.15, 0.2) is 12.7 Å². The lowest BCUT2D eigenvalue weighted by Crippen LogP contribution is -2.23. The average molecular weight is 226 g/mol. The van der Waals surface area contributed by atoms with Crippen molar-refractivity contribution in [3.05, 3.63) is 12.7 Å². The Morgan fingerprint density at radius 3 is 2.00 bits per heavy atom. The second-order valence-corrected chi connectivity index (χ2v) is 6.51. The highest BCUT2D eigenvalue weighted by atomic mass is 16.3. The van der Waals surface area contributed by atoms with Crippen LogP contribution in [0.3, 0.4) is 0 Å². The molecule has 0 bridgehead atoms. The molecule has 0 spiro atoms. The minimum Gasteiger partial charge on any atom is -0.393 e. The molecular weight excluding hydrogens is 196 g/mol. The van der Waals surface area contributed by atoms with Crippen LogP contribution in [0.25, 0.3) is 0 Å². The van der Waals surface area contributed by atoms with E-state index < -0.39 is 0 Å². The van der Waals surface area contributed by atoms with E-state index in [1.54, 1.807) is 0 Å². The molecule has 1 heteroatoms. The molecule has 0 aromatic heterocycles. The van der Waals surface area contributed by atoms with E-state index in [0.29, 0.717) is 17.3 Å². The van der Waals surface area contributed by atoms with Crippen molar-refractivity contribution in [1.82, 2.24) is 0 Å². The Labute approximate surface area is 102 Å². The van der Waals surface area contributed by atoms with E-state index in [9.17, 15) is 5.11 Å². The smallest absolute Gasteiger partial charge is 0.0602 e. The van der Waals surface area contributed by atoms with Crippen LogP contribution in [0.1, 0.15) is 54.4 Å². The molecule has 0 fully saturated rings. The van der Waals surface area contributed by atoms with Crippen molar-refractivity contribution >= 4 is 0 Å². The first kappa shape index (κ1) is 15.7. The molecule has 4 atom stereocenters. The van der Waals surface area contributed by atoms with Crippen LogP contribution in [0.5, 0.6) is 0 Å². The van der Waals surface area contributed by atoms with Gasteiger partial charge < -0.3 is 5.11 Å². The number of rotatable bonds is 6. The van der Waals surface area contributed by atoms with E-state index >= 15 is 0 Å².